The average Bonchev–Trinajstić information content (AvgIpc) is 3.20. The highest BCUT2D eigenvalue weighted by atomic mass is 16.2. The van der Waals surface area contributed by atoms with Gasteiger partial charge in [-0.05, 0) is 25.8 Å². The molecule has 0 bridgehead atoms. The van der Waals surface area contributed by atoms with Crippen LogP contribution in [0.4, 0.5) is 0 Å². The number of rotatable bonds is 8. The van der Waals surface area contributed by atoms with Gasteiger partial charge in [-0.3, -0.25) is 9.69 Å². The quantitative estimate of drug-likeness (QED) is 0.676. The van der Waals surface area contributed by atoms with E-state index >= 15 is 0 Å². The largest absolute Gasteiger partial charge is 0.352 e. The predicted octanol–water partition coefficient (Wildman–Crippen LogP) is 1.46. The van der Waals surface area contributed by atoms with Crippen LogP contribution in [0.25, 0.3) is 0 Å². The van der Waals surface area contributed by atoms with Gasteiger partial charge < -0.3 is 10.2 Å². The van der Waals surface area contributed by atoms with E-state index in [9.17, 15) is 4.79 Å². The molecular formula is C15H29N3O. The van der Waals surface area contributed by atoms with Gasteiger partial charge in [0, 0.05) is 32.2 Å². The smallest absolute Gasteiger partial charge is 0.234 e. The number of carbonyl (C=O) groups is 1. The minimum Gasteiger partial charge on any atom is -0.352 e. The van der Waals surface area contributed by atoms with Gasteiger partial charge in [-0.15, -0.1) is 0 Å². The molecule has 0 aromatic heterocycles. The Kier molecular flexibility index (Phi) is 6.11. The number of nitrogens with one attached hydrogen (secondary N) is 1. The molecule has 1 aliphatic carbocycles. The number of carbonyl (C=O) groups excluding carboxylic acids is 1. The molecule has 2 rings (SSSR count). The van der Waals surface area contributed by atoms with Crippen molar-refractivity contribution in [2.24, 2.45) is 0 Å². The summed E-state index contributed by atoms with van der Waals surface area (Å²) in [6.45, 7) is 8.44. The Morgan fingerprint density at radius 1 is 1.05 bits per heavy atom. The van der Waals surface area contributed by atoms with Gasteiger partial charge in [0.2, 0.25) is 5.91 Å². The first-order valence-corrected chi connectivity index (χ1v) is 8.02. The van der Waals surface area contributed by atoms with Gasteiger partial charge >= 0.3 is 0 Å². The van der Waals surface area contributed by atoms with Crippen LogP contribution >= 0.6 is 0 Å². The molecule has 1 aliphatic heterocycles. The molecule has 1 saturated heterocycles. The van der Waals surface area contributed by atoms with Crippen molar-refractivity contribution in [3.63, 3.8) is 0 Å². The first-order chi connectivity index (χ1) is 9.28. The third-order valence-electron chi connectivity index (χ3n) is 4.10. The molecule has 0 radical (unpaired) electrons. The van der Waals surface area contributed by atoms with Crippen LogP contribution in [0.3, 0.4) is 0 Å². The summed E-state index contributed by atoms with van der Waals surface area (Å²) in [5.74, 6) is 0.221. The van der Waals surface area contributed by atoms with Gasteiger partial charge in [-0.25, -0.2) is 0 Å². The maximum atomic E-state index is 11.7. The molecule has 1 saturated carbocycles. The van der Waals surface area contributed by atoms with Crippen LogP contribution in [-0.2, 0) is 4.79 Å². The molecule has 2 fully saturated rings. The molecular weight excluding hydrogens is 238 g/mol. The Labute approximate surface area is 117 Å². The fourth-order valence-corrected chi connectivity index (χ4v) is 2.64. The van der Waals surface area contributed by atoms with Crippen LogP contribution in [0.15, 0.2) is 0 Å². The van der Waals surface area contributed by atoms with Crippen LogP contribution in [0.5, 0.6) is 0 Å². The number of nitrogens with zero attached hydrogens (tertiary/aromatic N) is 2. The molecule has 4 nitrogen and oxygen atoms in total. The summed E-state index contributed by atoms with van der Waals surface area (Å²) in [4.78, 5) is 16.6. The second-order valence-electron chi connectivity index (χ2n) is 6.02. The Hall–Kier alpha value is -0.610. The van der Waals surface area contributed by atoms with Crippen molar-refractivity contribution in [3.8, 4) is 0 Å². The summed E-state index contributed by atoms with van der Waals surface area (Å²) in [5, 5.41) is 3.07. The maximum Gasteiger partial charge on any atom is 0.234 e. The Morgan fingerprint density at radius 2 is 1.74 bits per heavy atom. The van der Waals surface area contributed by atoms with Gasteiger partial charge in [-0.1, -0.05) is 26.2 Å². The Morgan fingerprint density at radius 3 is 2.37 bits per heavy atom. The standard InChI is InChI=1S/C15H29N3O/c1-2-3-4-5-8-17-9-11-18(12-10-17)13-15(19)16-14-6-7-14/h14H,2-13H2,1H3,(H,16,19). The molecule has 1 N–H and O–H groups in total. The van der Waals surface area contributed by atoms with Gasteiger partial charge in [0.15, 0.2) is 0 Å². The van der Waals surface area contributed by atoms with E-state index in [1.54, 1.807) is 0 Å². The number of hydrogen-bond donors (Lipinski definition) is 1. The van der Waals surface area contributed by atoms with Crippen LogP contribution in [0.2, 0.25) is 0 Å². The molecule has 0 aromatic rings. The zero-order chi connectivity index (χ0) is 13.5. The van der Waals surface area contributed by atoms with Crippen LogP contribution in [0, 0.1) is 0 Å². The lowest BCUT2D eigenvalue weighted by molar-refractivity contribution is -0.122. The molecule has 1 heterocycles. The summed E-state index contributed by atoms with van der Waals surface area (Å²) >= 11 is 0. The number of piperazine rings is 1. The van der Waals surface area contributed by atoms with E-state index < -0.39 is 0 Å². The lowest BCUT2D eigenvalue weighted by Gasteiger charge is -2.34. The summed E-state index contributed by atoms with van der Waals surface area (Å²) in [7, 11) is 0. The molecule has 0 aromatic carbocycles. The normalized spacial score (nSPS) is 21.5. The van der Waals surface area contributed by atoms with E-state index in [2.05, 4.69) is 22.0 Å². The summed E-state index contributed by atoms with van der Waals surface area (Å²) in [6, 6.07) is 0.493. The Bertz CT molecular complexity index is 271. The lowest BCUT2D eigenvalue weighted by Crippen LogP contribution is -2.49. The van der Waals surface area contributed by atoms with Crippen molar-refractivity contribution in [2.45, 2.75) is 51.5 Å². The van der Waals surface area contributed by atoms with E-state index in [0.29, 0.717) is 12.6 Å². The van der Waals surface area contributed by atoms with E-state index in [4.69, 9.17) is 0 Å². The fraction of sp³-hybridized carbons (Fsp3) is 0.933. The van der Waals surface area contributed by atoms with E-state index in [1.165, 1.54) is 45.1 Å². The van der Waals surface area contributed by atoms with Crippen molar-refractivity contribution in [2.75, 3.05) is 39.3 Å². The topological polar surface area (TPSA) is 35.6 Å². The zero-order valence-corrected chi connectivity index (χ0v) is 12.4. The highest BCUT2D eigenvalue weighted by Crippen LogP contribution is 2.18. The van der Waals surface area contributed by atoms with Crippen molar-refractivity contribution in [1.82, 2.24) is 15.1 Å². The summed E-state index contributed by atoms with van der Waals surface area (Å²) in [6.07, 6.45) is 7.72. The molecule has 1 amide bonds. The number of hydrogen-bond acceptors (Lipinski definition) is 3. The first kappa shape index (κ1) is 14.8. The minimum absolute atomic E-state index is 0.221. The monoisotopic (exact) mass is 267 g/mol. The third-order valence-corrected chi connectivity index (χ3v) is 4.10. The first-order valence-electron chi connectivity index (χ1n) is 8.02. The second kappa shape index (κ2) is 7.85. The summed E-state index contributed by atoms with van der Waals surface area (Å²) < 4.78 is 0. The molecule has 19 heavy (non-hydrogen) atoms. The van der Waals surface area contributed by atoms with Crippen molar-refractivity contribution >= 4 is 5.91 Å². The molecule has 0 spiro atoms. The molecule has 110 valence electrons. The third kappa shape index (κ3) is 5.91. The van der Waals surface area contributed by atoms with Gasteiger partial charge in [-0.2, -0.15) is 0 Å². The van der Waals surface area contributed by atoms with Gasteiger partial charge in [0.25, 0.3) is 0 Å². The molecule has 4 heteroatoms. The SMILES string of the molecule is CCCCCCN1CCN(CC(=O)NC2CC2)CC1. The summed E-state index contributed by atoms with van der Waals surface area (Å²) in [5.41, 5.74) is 0. The highest BCUT2D eigenvalue weighted by molar-refractivity contribution is 5.78. The van der Waals surface area contributed by atoms with Crippen LogP contribution in [-0.4, -0.2) is 61.0 Å². The average molecular weight is 267 g/mol. The molecule has 0 unspecified atom stereocenters. The highest BCUT2D eigenvalue weighted by Gasteiger charge is 2.25. The van der Waals surface area contributed by atoms with E-state index in [-0.39, 0.29) is 5.91 Å². The fourth-order valence-electron chi connectivity index (χ4n) is 2.64. The van der Waals surface area contributed by atoms with Gasteiger partial charge in [0.1, 0.15) is 0 Å². The predicted molar refractivity (Wildman–Crippen MR) is 78.2 cm³/mol. The van der Waals surface area contributed by atoms with Crippen molar-refractivity contribution in [1.29, 1.82) is 0 Å². The van der Waals surface area contributed by atoms with E-state index in [0.717, 1.165) is 26.2 Å². The van der Waals surface area contributed by atoms with Crippen molar-refractivity contribution in [3.05, 3.63) is 0 Å². The Balaban J connectivity index is 1.52. The number of amides is 1. The zero-order valence-electron chi connectivity index (χ0n) is 12.4. The van der Waals surface area contributed by atoms with Crippen molar-refractivity contribution < 1.29 is 4.79 Å². The lowest BCUT2D eigenvalue weighted by atomic mass is 10.2. The maximum absolute atomic E-state index is 11.7. The minimum atomic E-state index is 0.221. The number of unbranched alkanes of at least 4 members (excludes halogenated alkanes) is 3. The molecule has 0 atom stereocenters. The van der Waals surface area contributed by atoms with E-state index in [1.807, 2.05) is 0 Å². The second-order valence-corrected chi connectivity index (χ2v) is 6.02. The van der Waals surface area contributed by atoms with Crippen LogP contribution in [0.1, 0.15) is 45.4 Å². The van der Waals surface area contributed by atoms with Crippen LogP contribution < -0.4 is 5.32 Å². The molecule has 2 aliphatic rings. The van der Waals surface area contributed by atoms with Gasteiger partial charge in [0.05, 0.1) is 6.54 Å².